The largest absolute Gasteiger partial charge is 0.494 e. The van der Waals surface area contributed by atoms with Crippen molar-refractivity contribution in [2.24, 2.45) is 0 Å². The Hall–Kier alpha value is -1.42. The highest BCUT2D eigenvalue weighted by atomic mass is 16.6. The summed E-state index contributed by atoms with van der Waals surface area (Å²) >= 11 is 0. The van der Waals surface area contributed by atoms with Crippen molar-refractivity contribution < 1.29 is 14.9 Å². The van der Waals surface area contributed by atoms with Gasteiger partial charge in [-0.3, -0.25) is 4.57 Å². The lowest BCUT2D eigenvalue weighted by Crippen LogP contribution is -2.24. The molecule has 4 atom stereocenters. The summed E-state index contributed by atoms with van der Waals surface area (Å²) in [6.07, 6.45) is 3.17. The van der Waals surface area contributed by atoms with Crippen molar-refractivity contribution >= 4 is 0 Å². The van der Waals surface area contributed by atoms with Gasteiger partial charge in [-0.05, 0) is 6.42 Å². The van der Waals surface area contributed by atoms with E-state index in [0.717, 1.165) is 17.5 Å². The minimum absolute atomic E-state index is 0.112. The Morgan fingerprint density at radius 2 is 2.29 bits per heavy atom. The number of nitrogens with zero attached hydrogens (tertiary/aromatic N) is 1. The molecule has 4 nitrogen and oxygen atoms in total. The van der Waals surface area contributed by atoms with Crippen molar-refractivity contribution in [3.63, 3.8) is 0 Å². The second-order valence-corrected chi connectivity index (χ2v) is 5.58. The van der Waals surface area contributed by atoms with Crippen molar-refractivity contribution in [2.75, 3.05) is 0 Å². The van der Waals surface area contributed by atoms with Gasteiger partial charge >= 0.3 is 0 Å². The molecule has 2 fully saturated rings. The Morgan fingerprint density at radius 1 is 1.53 bits per heavy atom. The topological polar surface area (TPSA) is 57.9 Å². The smallest absolute Gasteiger partial charge is 0.198 e. The third-order valence-electron chi connectivity index (χ3n) is 4.69. The average molecular weight is 233 g/mol. The van der Waals surface area contributed by atoms with Gasteiger partial charge in [0, 0.05) is 29.0 Å². The van der Waals surface area contributed by atoms with Gasteiger partial charge in [0.1, 0.15) is 0 Å². The number of hydrogen-bond donors (Lipinski definition) is 2. The first-order valence-corrected chi connectivity index (χ1v) is 6.00. The molecule has 0 spiro atoms. The second kappa shape index (κ2) is 2.53. The Labute approximate surface area is 99.1 Å². The van der Waals surface area contributed by atoms with Gasteiger partial charge in [0.15, 0.2) is 11.8 Å². The third kappa shape index (κ3) is 0.835. The van der Waals surface area contributed by atoms with Crippen LogP contribution in [0.1, 0.15) is 30.4 Å². The van der Waals surface area contributed by atoms with Gasteiger partial charge < -0.3 is 14.9 Å². The van der Waals surface area contributed by atoms with Crippen molar-refractivity contribution in [3.8, 4) is 11.8 Å². The summed E-state index contributed by atoms with van der Waals surface area (Å²) in [4.78, 5) is 0. The molecule has 4 unspecified atom stereocenters. The molecule has 1 aromatic heterocycles. The minimum atomic E-state index is -0.112. The molecule has 0 radical (unpaired) electrons. The van der Waals surface area contributed by atoms with E-state index in [1.165, 1.54) is 4.57 Å². The van der Waals surface area contributed by atoms with Crippen molar-refractivity contribution in [2.45, 2.75) is 43.4 Å². The molecule has 1 aromatic rings. The summed E-state index contributed by atoms with van der Waals surface area (Å²) in [7, 11) is 0. The van der Waals surface area contributed by atoms with Crippen LogP contribution in [0.15, 0.2) is 12.7 Å². The van der Waals surface area contributed by atoms with Crippen LogP contribution in [0.5, 0.6) is 11.8 Å². The lowest BCUT2D eigenvalue weighted by atomic mass is 9.82. The van der Waals surface area contributed by atoms with Gasteiger partial charge in [0.2, 0.25) is 0 Å². The van der Waals surface area contributed by atoms with Crippen molar-refractivity contribution in [1.29, 1.82) is 0 Å². The third-order valence-corrected chi connectivity index (χ3v) is 4.69. The van der Waals surface area contributed by atoms with Gasteiger partial charge in [-0.2, -0.15) is 0 Å². The molecule has 1 saturated heterocycles. The zero-order chi connectivity index (χ0) is 11.9. The highest BCUT2D eigenvalue weighted by Crippen LogP contribution is 2.69. The minimum Gasteiger partial charge on any atom is -0.494 e. The molecule has 4 rings (SSSR count). The lowest BCUT2D eigenvalue weighted by Gasteiger charge is -2.21. The van der Waals surface area contributed by atoms with E-state index in [2.05, 4.69) is 13.5 Å². The zero-order valence-electron chi connectivity index (χ0n) is 9.68. The summed E-state index contributed by atoms with van der Waals surface area (Å²) in [5, 5.41) is 20.5. The number of ether oxygens (including phenoxy) is 1. The van der Waals surface area contributed by atoms with Gasteiger partial charge in [0.25, 0.3) is 0 Å². The van der Waals surface area contributed by atoms with Crippen LogP contribution in [0.2, 0.25) is 0 Å². The first kappa shape index (κ1) is 9.59. The van der Waals surface area contributed by atoms with Crippen LogP contribution in [0, 0.1) is 0 Å². The van der Waals surface area contributed by atoms with E-state index >= 15 is 0 Å². The summed E-state index contributed by atoms with van der Waals surface area (Å²) in [6.45, 7) is 6.21. The quantitative estimate of drug-likeness (QED) is 0.602. The Morgan fingerprint density at radius 3 is 3.00 bits per heavy atom. The first-order chi connectivity index (χ1) is 8.09. The normalized spacial score (nSPS) is 40.2. The number of aromatic hydroxyl groups is 2. The van der Waals surface area contributed by atoms with Crippen LogP contribution < -0.4 is 0 Å². The number of aromatic nitrogens is 1. The molecule has 2 N–H and O–H groups in total. The molecule has 2 aliphatic carbocycles. The monoisotopic (exact) mass is 233 g/mol. The zero-order valence-corrected chi connectivity index (χ0v) is 9.68. The summed E-state index contributed by atoms with van der Waals surface area (Å²) in [5.41, 5.74) is 1.70. The van der Waals surface area contributed by atoms with Crippen LogP contribution >= 0.6 is 0 Å². The fourth-order valence-corrected chi connectivity index (χ4v) is 3.97. The molecule has 3 aliphatic rings. The SMILES string of the molecule is C=CCn1c(O)c2c(c1O)C1(C)CC2C2OC21. The van der Waals surface area contributed by atoms with E-state index in [4.69, 9.17) is 4.74 Å². The summed E-state index contributed by atoms with van der Waals surface area (Å²) < 4.78 is 7.18. The van der Waals surface area contributed by atoms with E-state index in [1.54, 1.807) is 6.08 Å². The molecule has 0 aromatic carbocycles. The maximum absolute atomic E-state index is 10.3. The van der Waals surface area contributed by atoms with Crippen LogP contribution in [0.4, 0.5) is 0 Å². The Bertz CT molecular complexity index is 547. The Balaban J connectivity index is 1.98. The number of epoxide rings is 1. The van der Waals surface area contributed by atoms with Crippen LogP contribution in [-0.2, 0) is 16.7 Å². The molecule has 90 valence electrons. The maximum atomic E-state index is 10.3. The first-order valence-electron chi connectivity index (χ1n) is 6.00. The van der Waals surface area contributed by atoms with Crippen molar-refractivity contribution in [3.05, 3.63) is 23.8 Å². The number of hydrogen-bond acceptors (Lipinski definition) is 3. The second-order valence-electron chi connectivity index (χ2n) is 5.58. The van der Waals surface area contributed by atoms with E-state index in [0.29, 0.717) is 6.54 Å². The average Bonchev–Trinajstić information content (AvgIpc) is 2.92. The fraction of sp³-hybridized carbons (Fsp3) is 0.538. The molecule has 17 heavy (non-hydrogen) atoms. The molecule has 1 aliphatic heterocycles. The van der Waals surface area contributed by atoms with Crippen molar-refractivity contribution in [1.82, 2.24) is 4.57 Å². The predicted molar refractivity (Wildman–Crippen MR) is 61.3 cm³/mol. The van der Waals surface area contributed by atoms with E-state index in [9.17, 15) is 10.2 Å². The lowest BCUT2D eigenvalue weighted by molar-refractivity contribution is 0.241. The van der Waals surface area contributed by atoms with Gasteiger partial charge in [-0.15, -0.1) is 6.58 Å². The highest BCUT2D eigenvalue weighted by molar-refractivity contribution is 5.61. The number of allylic oxidation sites excluding steroid dienone is 1. The molecule has 4 heteroatoms. The van der Waals surface area contributed by atoms with E-state index in [1.807, 2.05) is 0 Å². The van der Waals surface area contributed by atoms with E-state index in [-0.39, 0.29) is 35.3 Å². The summed E-state index contributed by atoms with van der Waals surface area (Å²) in [6, 6.07) is 0. The standard InChI is InChI=1S/C13H15NO3/c1-3-4-14-11(15)7-6-5-13(2,8(7)12(14)16)10-9(6)17-10/h3,6,9-10,15-16H,1,4-5H2,2H3. The van der Waals surface area contributed by atoms with Gasteiger partial charge in [-0.25, -0.2) is 0 Å². The Kier molecular flexibility index (Phi) is 1.43. The number of rotatable bonds is 2. The molecular weight excluding hydrogens is 218 g/mol. The van der Waals surface area contributed by atoms with Crippen LogP contribution in [-0.4, -0.2) is 27.0 Å². The number of fused-ring (bicyclic) bond motifs is 8. The molecular formula is C13H15NO3. The fourth-order valence-electron chi connectivity index (χ4n) is 3.97. The van der Waals surface area contributed by atoms with Gasteiger partial charge in [-0.1, -0.05) is 13.0 Å². The summed E-state index contributed by atoms with van der Waals surface area (Å²) in [5.74, 6) is 0.647. The van der Waals surface area contributed by atoms with Gasteiger partial charge in [0.05, 0.1) is 12.2 Å². The van der Waals surface area contributed by atoms with Crippen LogP contribution in [0.25, 0.3) is 0 Å². The predicted octanol–water partition coefficient (Wildman–Crippen LogP) is 1.61. The molecule has 2 bridgehead atoms. The van der Waals surface area contributed by atoms with Crippen LogP contribution in [0.3, 0.4) is 0 Å². The highest BCUT2D eigenvalue weighted by Gasteiger charge is 2.70. The molecule has 1 saturated carbocycles. The maximum Gasteiger partial charge on any atom is 0.198 e. The van der Waals surface area contributed by atoms with E-state index < -0.39 is 0 Å². The molecule has 2 heterocycles. The molecule has 0 amide bonds.